The maximum Gasteiger partial charge on any atom is 0.0458 e. The van der Waals surface area contributed by atoms with Crippen molar-refractivity contribution in [1.29, 1.82) is 0 Å². The molecule has 0 aromatic carbocycles. The standard InChI is InChI=1S/C17H34N2/c1-12-7-5-8-13(2)16(12)18-11-19-17-14(3)9-6-10-15(17)4/h12-19H,5-11H2,1-4H3. The lowest BCUT2D eigenvalue weighted by molar-refractivity contribution is 0.175. The fourth-order valence-electron chi connectivity index (χ4n) is 4.46. The summed E-state index contributed by atoms with van der Waals surface area (Å²) in [6.07, 6.45) is 8.45. The van der Waals surface area contributed by atoms with Gasteiger partial charge in [-0.25, -0.2) is 0 Å². The summed E-state index contributed by atoms with van der Waals surface area (Å²) >= 11 is 0. The third-order valence-electron chi connectivity index (χ3n) is 5.77. The molecule has 0 amide bonds. The van der Waals surface area contributed by atoms with Gasteiger partial charge >= 0.3 is 0 Å². The van der Waals surface area contributed by atoms with Gasteiger partial charge in [-0.05, 0) is 49.4 Å². The summed E-state index contributed by atoms with van der Waals surface area (Å²) in [4.78, 5) is 0. The van der Waals surface area contributed by atoms with Gasteiger partial charge in [-0.3, -0.25) is 0 Å². The lowest BCUT2D eigenvalue weighted by Gasteiger charge is -2.38. The van der Waals surface area contributed by atoms with Gasteiger partial charge in [0.15, 0.2) is 0 Å². The zero-order valence-electron chi connectivity index (χ0n) is 13.4. The first kappa shape index (κ1) is 15.3. The Labute approximate surface area is 120 Å². The van der Waals surface area contributed by atoms with Crippen LogP contribution in [0, 0.1) is 23.7 Å². The molecule has 4 unspecified atom stereocenters. The Balaban J connectivity index is 1.75. The minimum atomic E-state index is 0.718. The van der Waals surface area contributed by atoms with Crippen molar-refractivity contribution in [3.8, 4) is 0 Å². The van der Waals surface area contributed by atoms with E-state index in [4.69, 9.17) is 0 Å². The predicted molar refractivity (Wildman–Crippen MR) is 83.1 cm³/mol. The first-order valence-corrected chi connectivity index (χ1v) is 8.56. The number of nitrogens with one attached hydrogen (secondary N) is 2. The molecule has 0 heterocycles. The minimum Gasteiger partial charge on any atom is -0.301 e. The second-order valence-electron chi connectivity index (χ2n) is 7.41. The summed E-state index contributed by atoms with van der Waals surface area (Å²) in [5.41, 5.74) is 0. The molecular formula is C17H34N2. The van der Waals surface area contributed by atoms with Crippen molar-refractivity contribution in [2.75, 3.05) is 6.67 Å². The summed E-state index contributed by atoms with van der Waals surface area (Å²) in [6, 6.07) is 1.44. The van der Waals surface area contributed by atoms with Crippen molar-refractivity contribution in [1.82, 2.24) is 10.6 Å². The molecule has 2 heteroatoms. The van der Waals surface area contributed by atoms with E-state index in [2.05, 4.69) is 38.3 Å². The SMILES string of the molecule is CC1CCCC(C)C1NCNC1C(C)CCCC1C. The summed E-state index contributed by atoms with van der Waals surface area (Å²) in [7, 11) is 0. The predicted octanol–water partition coefficient (Wildman–Crippen LogP) is 3.77. The summed E-state index contributed by atoms with van der Waals surface area (Å²) in [5, 5.41) is 7.60. The van der Waals surface area contributed by atoms with Crippen molar-refractivity contribution in [2.24, 2.45) is 23.7 Å². The van der Waals surface area contributed by atoms with Crippen molar-refractivity contribution >= 4 is 0 Å². The molecule has 2 N–H and O–H groups in total. The van der Waals surface area contributed by atoms with E-state index in [9.17, 15) is 0 Å². The Bertz CT molecular complexity index is 220. The fourth-order valence-corrected chi connectivity index (χ4v) is 4.46. The largest absolute Gasteiger partial charge is 0.301 e. The van der Waals surface area contributed by atoms with Gasteiger partial charge in [-0.2, -0.15) is 0 Å². The van der Waals surface area contributed by atoms with Gasteiger partial charge in [-0.1, -0.05) is 40.5 Å². The van der Waals surface area contributed by atoms with Crippen LogP contribution in [0.15, 0.2) is 0 Å². The van der Waals surface area contributed by atoms with Crippen LogP contribution >= 0.6 is 0 Å². The minimum absolute atomic E-state index is 0.718. The van der Waals surface area contributed by atoms with Crippen LogP contribution in [0.2, 0.25) is 0 Å². The summed E-state index contributed by atoms with van der Waals surface area (Å²) in [5.74, 6) is 3.36. The van der Waals surface area contributed by atoms with Crippen LogP contribution in [0.1, 0.15) is 66.2 Å². The van der Waals surface area contributed by atoms with Gasteiger partial charge in [0.1, 0.15) is 0 Å². The topological polar surface area (TPSA) is 24.1 Å². The molecule has 2 rings (SSSR count). The lowest BCUT2D eigenvalue weighted by Crippen LogP contribution is -2.51. The third-order valence-corrected chi connectivity index (χ3v) is 5.77. The molecule has 2 fully saturated rings. The first-order valence-electron chi connectivity index (χ1n) is 8.56. The van der Waals surface area contributed by atoms with Gasteiger partial charge < -0.3 is 10.6 Å². The van der Waals surface area contributed by atoms with Gasteiger partial charge in [0.2, 0.25) is 0 Å². The van der Waals surface area contributed by atoms with Crippen molar-refractivity contribution in [2.45, 2.75) is 78.3 Å². The third kappa shape index (κ3) is 3.95. The van der Waals surface area contributed by atoms with Crippen LogP contribution in [0.3, 0.4) is 0 Å². The van der Waals surface area contributed by atoms with E-state index in [0.717, 1.165) is 42.4 Å². The Morgan fingerprint density at radius 2 is 0.947 bits per heavy atom. The van der Waals surface area contributed by atoms with E-state index in [0.29, 0.717) is 0 Å². The Morgan fingerprint density at radius 3 is 1.26 bits per heavy atom. The molecule has 0 bridgehead atoms. The molecule has 0 aromatic rings. The number of rotatable bonds is 4. The Hall–Kier alpha value is -0.0800. The highest BCUT2D eigenvalue weighted by Crippen LogP contribution is 2.30. The molecule has 0 aromatic heterocycles. The van der Waals surface area contributed by atoms with E-state index >= 15 is 0 Å². The maximum absolute atomic E-state index is 3.80. The first-order chi connectivity index (χ1) is 9.09. The second kappa shape index (κ2) is 7.08. The normalized spacial score (nSPS) is 44.2. The maximum atomic E-state index is 3.80. The average Bonchev–Trinajstić information content (AvgIpc) is 2.36. The van der Waals surface area contributed by atoms with Crippen molar-refractivity contribution < 1.29 is 0 Å². The van der Waals surface area contributed by atoms with Crippen LogP contribution in [-0.2, 0) is 0 Å². The van der Waals surface area contributed by atoms with E-state index in [1.54, 1.807) is 0 Å². The zero-order chi connectivity index (χ0) is 13.8. The monoisotopic (exact) mass is 266 g/mol. The van der Waals surface area contributed by atoms with Crippen LogP contribution < -0.4 is 10.6 Å². The zero-order valence-corrected chi connectivity index (χ0v) is 13.4. The highest BCUT2D eigenvalue weighted by Gasteiger charge is 2.29. The highest BCUT2D eigenvalue weighted by molar-refractivity contribution is 4.86. The molecule has 2 nitrogen and oxygen atoms in total. The van der Waals surface area contributed by atoms with E-state index in [1.165, 1.54) is 38.5 Å². The fraction of sp³-hybridized carbons (Fsp3) is 1.00. The molecule has 4 atom stereocenters. The molecular weight excluding hydrogens is 232 g/mol. The molecule has 0 saturated heterocycles. The van der Waals surface area contributed by atoms with Crippen LogP contribution in [0.4, 0.5) is 0 Å². The lowest BCUT2D eigenvalue weighted by atomic mass is 9.78. The van der Waals surface area contributed by atoms with Crippen molar-refractivity contribution in [3.05, 3.63) is 0 Å². The van der Waals surface area contributed by atoms with Crippen molar-refractivity contribution in [3.63, 3.8) is 0 Å². The van der Waals surface area contributed by atoms with Crippen LogP contribution in [0.5, 0.6) is 0 Å². The highest BCUT2D eigenvalue weighted by atomic mass is 15.1. The quantitative estimate of drug-likeness (QED) is 0.757. The smallest absolute Gasteiger partial charge is 0.0458 e. The average molecular weight is 266 g/mol. The Morgan fingerprint density at radius 1 is 0.632 bits per heavy atom. The summed E-state index contributed by atoms with van der Waals surface area (Å²) in [6.45, 7) is 10.7. The molecule has 19 heavy (non-hydrogen) atoms. The van der Waals surface area contributed by atoms with Gasteiger partial charge in [-0.15, -0.1) is 0 Å². The van der Waals surface area contributed by atoms with Gasteiger partial charge in [0.05, 0.1) is 0 Å². The molecule has 2 aliphatic rings. The molecule has 2 saturated carbocycles. The van der Waals surface area contributed by atoms with Crippen LogP contribution in [0.25, 0.3) is 0 Å². The van der Waals surface area contributed by atoms with E-state index in [1.807, 2.05) is 0 Å². The summed E-state index contributed by atoms with van der Waals surface area (Å²) < 4.78 is 0. The van der Waals surface area contributed by atoms with Gasteiger partial charge in [0, 0.05) is 18.8 Å². The molecule has 0 aliphatic heterocycles. The molecule has 112 valence electrons. The Kier molecular flexibility index (Phi) is 5.70. The molecule has 0 radical (unpaired) electrons. The van der Waals surface area contributed by atoms with E-state index in [-0.39, 0.29) is 0 Å². The molecule has 2 aliphatic carbocycles. The molecule has 0 spiro atoms. The second-order valence-corrected chi connectivity index (χ2v) is 7.41. The van der Waals surface area contributed by atoms with Crippen LogP contribution in [-0.4, -0.2) is 18.8 Å². The van der Waals surface area contributed by atoms with Gasteiger partial charge in [0.25, 0.3) is 0 Å². The van der Waals surface area contributed by atoms with E-state index < -0.39 is 0 Å². The number of hydrogen-bond donors (Lipinski definition) is 2. The number of hydrogen-bond acceptors (Lipinski definition) is 2.